The maximum Gasteiger partial charge on any atom is 0.238 e. The van der Waals surface area contributed by atoms with Gasteiger partial charge in [0, 0.05) is 28.9 Å². The van der Waals surface area contributed by atoms with E-state index in [9.17, 15) is 9.00 Å². The Labute approximate surface area is 116 Å². The third-order valence-corrected chi connectivity index (χ3v) is 4.74. The van der Waals surface area contributed by atoms with Crippen molar-refractivity contribution in [3.05, 3.63) is 35.4 Å². The molecule has 1 aromatic carbocycles. The summed E-state index contributed by atoms with van der Waals surface area (Å²) in [5.74, 6) is 0.0730. The van der Waals surface area contributed by atoms with Gasteiger partial charge in [0.1, 0.15) is 6.17 Å². The Hall–Kier alpha value is -1.20. The SMILES string of the molecule is Cc1cccc(C2NCC(=O)N2CC(C)S(C)=O)c1. The van der Waals surface area contributed by atoms with Gasteiger partial charge in [-0.05, 0) is 19.4 Å². The van der Waals surface area contributed by atoms with Gasteiger partial charge in [0.25, 0.3) is 0 Å². The zero-order chi connectivity index (χ0) is 14.0. The summed E-state index contributed by atoms with van der Waals surface area (Å²) in [5.41, 5.74) is 2.26. The molecule has 1 saturated heterocycles. The molecule has 0 radical (unpaired) electrons. The van der Waals surface area contributed by atoms with Crippen molar-refractivity contribution in [2.75, 3.05) is 19.3 Å². The molecule has 2 rings (SSSR count). The molecule has 1 heterocycles. The first-order chi connectivity index (χ1) is 8.99. The lowest BCUT2D eigenvalue weighted by atomic mass is 10.1. The topological polar surface area (TPSA) is 49.4 Å². The highest BCUT2D eigenvalue weighted by Gasteiger charge is 2.32. The minimum Gasteiger partial charge on any atom is -0.321 e. The van der Waals surface area contributed by atoms with Crippen LogP contribution in [-0.2, 0) is 15.6 Å². The Balaban J connectivity index is 2.20. The lowest BCUT2D eigenvalue weighted by molar-refractivity contribution is -0.128. The summed E-state index contributed by atoms with van der Waals surface area (Å²) in [7, 11) is -0.919. The van der Waals surface area contributed by atoms with Crippen LogP contribution in [0.4, 0.5) is 0 Å². The number of hydrogen-bond acceptors (Lipinski definition) is 3. The van der Waals surface area contributed by atoms with Crippen LogP contribution in [0, 0.1) is 6.92 Å². The monoisotopic (exact) mass is 280 g/mol. The van der Waals surface area contributed by atoms with Gasteiger partial charge in [-0.3, -0.25) is 14.3 Å². The molecule has 1 aromatic rings. The van der Waals surface area contributed by atoms with Crippen molar-refractivity contribution in [3.8, 4) is 0 Å². The van der Waals surface area contributed by atoms with Gasteiger partial charge in [0.2, 0.25) is 5.91 Å². The van der Waals surface area contributed by atoms with E-state index in [0.29, 0.717) is 13.1 Å². The lowest BCUT2D eigenvalue weighted by Crippen LogP contribution is -2.37. The number of carbonyl (C=O) groups is 1. The first-order valence-corrected chi connectivity index (χ1v) is 8.03. The average molecular weight is 280 g/mol. The maximum atomic E-state index is 12.0. The molecule has 4 nitrogen and oxygen atoms in total. The molecule has 0 aromatic heterocycles. The molecule has 1 N–H and O–H groups in total. The van der Waals surface area contributed by atoms with E-state index in [4.69, 9.17) is 0 Å². The maximum absolute atomic E-state index is 12.0. The predicted octanol–water partition coefficient (Wildman–Crippen LogP) is 1.19. The normalized spacial score (nSPS) is 22.6. The molecular formula is C14H20N2O2S. The van der Waals surface area contributed by atoms with Gasteiger partial charge in [-0.25, -0.2) is 0 Å². The lowest BCUT2D eigenvalue weighted by Gasteiger charge is -2.27. The van der Waals surface area contributed by atoms with Crippen LogP contribution in [0.15, 0.2) is 24.3 Å². The van der Waals surface area contributed by atoms with Crippen molar-refractivity contribution < 1.29 is 9.00 Å². The van der Waals surface area contributed by atoms with Gasteiger partial charge in [0.15, 0.2) is 0 Å². The van der Waals surface area contributed by atoms with Crippen LogP contribution in [0.5, 0.6) is 0 Å². The Morgan fingerprint density at radius 2 is 2.26 bits per heavy atom. The number of nitrogens with zero attached hydrogens (tertiary/aromatic N) is 1. The zero-order valence-corrected chi connectivity index (χ0v) is 12.4. The summed E-state index contributed by atoms with van der Waals surface area (Å²) in [6.07, 6.45) is 1.58. The van der Waals surface area contributed by atoms with Gasteiger partial charge in [-0.2, -0.15) is 0 Å². The summed E-state index contributed by atoms with van der Waals surface area (Å²) in [6, 6.07) is 8.13. The Bertz CT molecular complexity index is 504. The highest BCUT2D eigenvalue weighted by molar-refractivity contribution is 7.84. The van der Waals surface area contributed by atoms with E-state index in [-0.39, 0.29) is 17.3 Å². The first kappa shape index (κ1) is 14.2. The van der Waals surface area contributed by atoms with Crippen molar-refractivity contribution in [1.82, 2.24) is 10.2 Å². The Kier molecular flexibility index (Phi) is 4.37. The average Bonchev–Trinajstić information content (AvgIpc) is 2.71. The van der Waals surface area contributed by atoms with E-state index in [1.807, 2.05) is 32.0 Å². The van der Waals surface area contributed by atoms with Crippen LogP contribution in [0.25, 0.3) is 0 Å². The number of nitrogens with one attached hydrogen (secondary N) is 1. The Morgan fingerprint density at radius 3 is 2.89 bits per heavy atom. The number of amides is 1. The molecule has 5 heteroatoms. The van der Waals surface area contributed by atoms with Gasteiger partial charge >= 0.3 is 0 Å². The largest absolute Gasteiger partial charge is 0.321 e. The standard InChI is InChI=1S/C14H20N2O2S/c1-10-5-4-6-12(7-10)14-15-8-13(17)16(14)9-11(2)19(3)18/h4-7,11,14-15H,8-9H2,1-3H3. The third kappa shape index (κ3) is 3.22. The molecule has 0 saturated carbocycles. The van der Waals surface area contributed by atoms with Crippen LogP contribution >= 0.6 is 0 Å². The van der Waals surface area contributed by atoms with Crippen LogP contribution < -0.4 is 5.32 Å². The van der Waals surface area contributed by atoms with Crippen LogP contribution in [0.3, 0.4) is 0 Å². The van der Waals surface area contributed by atoms with Gasteiger partial charge in [-0.15, -0.1) is 0 Å². The van der Waals surface area contributed by atoms with Crippen LogP contribution in [0.2, 0.25) is 0 Å². The van der Waals surface area contributed by atoms with E-state index in [1.165, 1.54) is 5.56 Å². The van der Waals surface area contributed by atoms with Crippen molar-refractivity contribution in [1.29, 1.82) is 0 Å². The number of rotatable bonds is 4. The summed E-state index contributed by atoms with van der Waals surface area (Å²) < 4.78 is 11.5. The van der Waals surface area contributed by atoms with Crippen LogP contribution in [-0.4, -0.2) is 39.6 Å². The fourth-order valence-electron chi connectivity index (χ4n) is 2.27. The fraction of sp³-hybridized carbons (Fsp3) is 0.500. The van der Waals surface area contributed by atoms with Gasteiger partial charge < -0.3 is 4.90 Å². The van der Waals surface area contributed by atoms with E-state index in [2.05, 4.69) is 11.4 Å². The van der Waals surface area contributed by atoms with E-state index in [1.54, 1.807) is 11.2 Å². The molecule has 1 aliphatic rings. The van der Waals surface area contributed by atoms with E-state index < -0.39 is 10.8 Å². The van der Waals surface area contributed by atoms with Gasteiger partial charge in [0.05, 0.1) is 6.54 Å². The molecule has 19 heavy (non-hydrogen) atoms. The number of aryl methyl sites for hydroxylation is 1. The van der Waals surface area contributed by atoms with Gasteiger partial charge in [-0.1, -0.05) is 29.8 Å². The number of benzene rings is 1. The van der Waals surface area contributed by atoms with Crippen molar-refractivity contribution in [2.45, 2.75) is 25.3 Å². The van der Waals surface area contributed by atoms with Crippen molar-refractivity contribution in [2.24, 2.45) is 0 Å². The molecule has 3 atom stereocenters. The molecule has 0 spiro atoms. The van der Waals surface area contributed by atoms with Crippen LogP contribution in [0.1, 0.15) is 24.2 Å². The number of hydrogen-bond donors (Lipinski definition) is 1. The van der Waals surface area contributed by atoms with E-state index in [0.717, 1.165) is 5.56 Å². The fourth-order valence-corrected chi connectivity index (χ4v) is 2.64. The summed E-state index contributed by atoms with van der Waals surface area (Å²) in [4.78, 5) is 13.8. The smallest absolute Gasteiger partial charge is 0.238 e. The molecule has 1 amide bonds. The third-order valence-electron chi connectivity index (χ3n) is 3.46. The molecule has 1 aliphatic heterocycles. The molecule has 104 valence electrons. The summed E-state index contributed by atoms with van der Waals surface area (Å²) in [5, 5.41) is 3.20. The first-order valence-electron chi connectivity index (χ1n) is 6.40. The summed E-state index contributed by atoms with van der Waals surface area (Å²) >= 11 is 0. The Morgan fingerprint density at radius 1 is 1.53 bits per heavy atom. The second-order valence-electron chi connectivity index (χ2n) is 5.05. The minimum absolute atomic E-state index is 0.0174. The highest BCUT2D eigenvalue weighted by Crippen LogP contribution is 2.23. The van der Waals surface area contributed by atoms with E-state index >= 15 is 0 Å². The molecular weight excluding hydrogens is 260 g/mol. The molecule has 0 aliphatic carbocycles. The zero-order valence-electron chi connectivity index (χ0n) is 11.6. The number of carbonyl (C=O) groups excluding carboxylic acids is 1. The molecule has 0 bridgehead atoms. The van der Waals surface area contributed by atoms with Crippen molar-refractivity contribution >= 4 is 16.7 Å². The predicted molar refractivity (Wildman–Crippen MR) is 77.2 cm³/mol. The molecule has 3 unspecified atom stereocenters. The summed E-state index contributed by atoms with van der Waals surface area (Å²) in [6.45, 7) is 4.82. The second kappa shape index (κ2) is 5.84. The highest BCUT2D eigenvalue weighted by atomic mass is 32.2. The quantitative estimate of drug-likeness (QED) is 0.901. The minimum atomic E-state index is -0.919. The van der Waals surface area contributed by atoms with Crippen molar-refractivity contribution in [3.63, 3.8) is 0 Å². The molecule has 1 fully saturated rings. The second-order valence-corrected chi connectivity index (χ2v) is 6.85.